The first kappa shape index (κ1) is 35.6. The second kappa shape index (κ2) is 13.5. The molecule has 1 spiro atoms. The summed E-state index contributed by atoms with van der Waals surface area (Å²) in [5.74, 6) is 0. The van der Waals surface area contributed by atoms with E-state index in [0.29, 0.717) is 0 Å². The average Bonchev–Trinajstić information content (AvgIpc) is 4.00. The lowest BCUT2D eigenvalue weighted by atomic mass is 9.66. The third-order valence-corrected chi connectivity index (χ3v) is 15.0. The van der Waals surface area contributed by atoms with E-state index < -0.39 is 5.41 Å². The fraction of sp³-hybridized carbons (Fsp3) is 0.0164. The molecule has 2 nitrogen and oxygen atoms in total. The van der Waals surface area contributed by atoms with Crippen molar-refractivity contribution < 1.29 is 4.42 Å². The van der Waals surface area contributed by atoms with Crippen LogP contribution >= 0.6 is 11.3 Å². The van der Waals surface area contributed by atoms with Crippen molar-refractivity contribution in [1.29, 1.82) is 0 Å². The zero-order chi connectivity index (χ0) is 41.9. The molecule has 0 N–H and O–H groups in total. The van der Waals surface area contributed by atoms with E-state index in [2.05, 4.69) is 223 Å². The number of benzene rings is 10. The standard InChI is InChI=1S/C61H37NOS/c1-2-14-38(15-3-1)39-26-28-40(29-27-39)62(42-30-32-47-46-19-8-12-24-55(46)63-56(47)37-42)41-31-33-53-50(36-41)44-17-5-4-16-43(44)45-18-6-10-22-51(45)61(53)52-23-11-7-20-48(52)59-54(61)34-35-58-60(59)49-21-9-13-25-57(49)64-58/h1-37H. The minimum atomic E-state index is -0.595. The number of fused-ring (bicyclic) bond motifs is 19. The Morgan fingerprint density at radius 3 is 1.73 bits per heavy atom. The minimum absolute atomic E-state index is 0.595. The van der Waals surface area contributed by atoms with Crippen LogP contribution in [0, 0.1) is 0 Å². The van der Waals surface area contributed by atoms with Crippen molar-refractivity contribution in [1.82, 2.24) is 0 Å². The van der Waals surface area contributed by atoms with Crippen molar-refractivity contribution >= 4 is 70.5 Å². The fourth-order valence-electron chi connectivity index (χ4n) is 11.3. The molecule has 10 aromatic carbocycles. The normalized spacial score (nSPS) is 14.6. The number of para-hydroxylation sites is 1. The summed E-state index contributed by atoms with van der Waals surface area (Å²) in [5, 5.41) is 4.91. The molecule has 2 aromatic heterocycles. The van der Waals surface area contributed by atoms with Gasteiger partial charge in [-0.2, -0.15) is 0 Å². The highest BCUT2D eigenvalue weighted by atomic mass is 32.1. The summed E-state index contributed by atoms with van der Waals surface area (Å²) in [7, 11) is 0. The number of nitrogens with zero attached hydrogens (tertiary/aromatic N) is 1. The fourth-order valence-corrected chi connectivity index (χ4v) is 12.4. The molecule has 0 saturated carbocycles. The number of thiophene rings is 1. The Hall–Kier alpha value is -7.98. The molecule has 0 saturated heterocycles. The van der Waals surface area contributed by atoms with Crippen LogP contribution in [0.1, 0.15) is 22.3 Å². The second-order valence-corrected chi connectivity index (χ2v) is 18.2. The van der Waals surface area contributed by atoms with Crippen LogP contribution in [0.15, 0.2) is 229 Å². The van der Waals surface area contributed by atoms with Gasteiger partial charge in [-0.3, -0.25) is 0 Å². The molecule has 0 radical (unpaired) electrons. The van der Waals surface area contributed by atoms with Gasteiger partial charge in [0.25, 0.3) is 0 Å². The van der Waals surface area contributed by atoms with Gasteiger partial charge >= 0.3 is 0 Å². The SMILES string of the molecule is c1ccc(-c2ccc(N(c3ccc4c(c3)-c3ccccc3-c3ccccc3C43c4ccccc4-c4c3ccc3sc5ccccc5c43)c3ccc4c(c3)oc3ccccc34)cc2)cc1. The highest BCUT2D eigenvalue weighted by molar-refractivity contribution is 7.26. The predicted octanol–water partition coefficient (Wildman–Crippen LogP) is 17.1. The zero-order valence-corrected chi connectivity index (χ0v) is 35.4. The lowest BCUT2D eigenvalue weighted by Crippen LogP contribution is -2.29. The lowest BCUT2D eigenvalue weighted by molar-refractivity contribution is 0.669. The van der Waals surface area contributed by atoms with Crippen LogP contribution in [0.4, 0.5) is 17.1 Å². The van der Waals surface area contributed by atoms with Crippen LogP contribution in [0.2, 0.25) is 0 Å². The molecule has 0 bridgehead atoms. The van der Waals surface area contributed by atoms with Gasteiger partial charge in [0, 0.05) is 54.1 Å². The smallest absolute Gasteiger partial charge is 0.137 e. The van der Waals surface area contributed by atoms with Gasteiger partial charge in [-0.1, -0.05) is 164 Å². The number of furan rings is 1. The molecular weight excluding hydrogens is 795 g/mol. The number of hydrogen-bond acceptors (Lipinski definition) is 3. The summed E-state index contributed by atoms with van der Waals surface area (Å²) in [6.07, 6.45) is 0. The number of rotatable bonds is 4. The summed E-state index contributed by atoms with van der Waals surface area (Å²) in [6.45, 7) is 0. The zero-order valence-electron chi connectivity index (χ0n) is 34.6. The summed E-state index contributed by atoms with van der Waals surface area (Å²) < 4.78 is 9.18. The van der Waals surface area contributed by atoms with Crippen LogP contribution < -0.4 is 4.90 Å². The Morgan fingerprint density at radius 2 is 0.906 bits per heavy atom. The molecule has 14 rings (SSSR count). The first-order valence-corrected chi connectivity index (χ1v) is 22.8. The monoisotopic (exact) mass is 831 g/mol. The Bertz CT molecular complexity index is 3860. The maximum Gasteiger partial charge on any atom is 0.137 e. The topological polar surface area (TPSA) is 16.4 Å². The molecule has 3 heteroatoms. The molecule has 64 heavy (non-hydrogen) atoms. The van der Waals surface area contributed by atoms with E-state index >= 15 is 0 Å². The van der Waals surface area contributed by atoms with Gasteiger partial charge in [0.2, 0.25) is 0 Å². The molecule has 2 aliphatic rings. The molecule has 12 aromatic rings. The van der Waals surface area contributed by atoms with Crippen molar-refractivity contribution in [2.24, 2.45) is 0 Å². The third-order valence-electron chi connectivity index (χ3n) is 13.9. The molecule has 1 unspecified atom stereocenters. The van der Waals surface area contributed by atoms with Crippen molar-refractivity contribution in [3.63, 3.8) is 0 Å². The number of hydrogen-bond donors (Lipinski definition) is 0. The maximum atomic E-state index is 6.54. The second-order valence-electron chi connectivity index (χ2n) is 17.1. The van der Waals surface area contributed by atoms with Gasteiger partial charge < -0.3 is 9.32 Å². The van der Waals surface area contributed by atoms with E-state index in [-0.39, 0.29) is 0 Å². The summed E-state index contributed by atoms with van der Waals surface area (Å²) >= 11 is 1.89. The van der Waals surface area contributed by atoms with Gasteiger partial charge in [-0.25, -0.2) is 0 Å². The lowest BCUT2D eigenvalue weighted by Gasteiger charge is -2.36. The van der Waals surface area contributed by atoms with E-state index in [1.165, 1.54) is 86.9 Å². The van der Waals surface area contributed by atoms with E-state index in [0.717, 1.165) is 39.0 Å². The quantitative estimate of drug-likeness (QED) is 0.176. The molecule has 298 valence electrons. The van der Waals surface area contributed by atoms with Gasteiger partial charge in [-0.15, -0.1) is 11.3 Å². The van der Waals surface area contributed by atoms with Crippen LogP contribution in [0.25, 0.3) is 86.6 Å². The third kappa shape index (κ3) is 4.90. The maximum absolute atomic E-state index is 6.54. The molecule has 2 aliphatic carbocycles. The average molecular weight is 832 g/mol. The Morgan fingerprint density at radius 1 is 0.344 bits per heavy atom. The predicted molar refractivity (Wildman–Crippen MR) is 268 cm³/mol. The van der Waals surface area contributed by atoms with Gasteiger partial charge in [0.15, 0.2) is 0 Å². The largest absolute Gasteiger partial charge is 0.456 e. The van der Waals surface area contributed by atoms with E-state index in [4.69, 9.17) is 4.42 Å². The Labute approximate surface area is 374 Å². The van der Waals surface area contributed by atoms with E-state index in [1.54, 1.807) is 0 Å². The van der Waals surface area contributed by atoms with Gasteiger partial charge in [0.1, 0.15) is 11.2 Å². The summed E-state index contributed by atoms with van der Waals surface area (Å²) in [6, 6.07) is 83.0. The van der Waals surface area contributed by atoms with Crippen molar-refractivity contribution in [2.45, 2.75) is 5.41 Å². The molecule has 0 fully saturated rings. The van der Waals surface area contributed by atoms with Crippen molar-refractivity contribution in [2.75, 3.05) is 4.90 Å². The molecular formula is C61H37NOS. The van der Waals surface area contributed by atoms with E-state index in [9.17, 15) is 0 Å². The summed E-state index contributed by atoms with van der Waals surface area (Å²) in [4.78, 5) is 2.40. The van der Waals surface area contributed by atoms with Crippen LogP contribution in [0.5, 0.6) is 0 Å². The van der Waals surface area contributed by atoms with Crippen LogP contribution in [-0.4, -0.2) is 0 Å². The molecule has 0 amide bonds. The van der Waals surface area contributed by atoms with Gasteiger partial charge in [-0.05, 0) is 121 Å². The summed E-state index contributed by atoms with van der Waals surface area (Å²) in [5.41, 5.74) is 19.6. The minimum Gasteiger partial charge on any atom is -0.456 e. The van der Waals surface area contributed by atoms with Crippen molar-refractivity contribution in [3.05, 3.63) is 247 Å². The van der Waals surface area contributed by atoms with Gasteiger partial charge in [0.05, 0.1) is 5.41 Å². The Kier molecular flexibility index (Phi) is 7.51. The van der Waals surface area contributed by atoms with Crippen LogP contribution in [-0.2, 0) is 5.41 Å². The molecule has 0 aliphatic heterocycles. The number of anilines is 3. The molecule has 1 atom stereocenters. The Balaban J connectivity index is 1.06. The molecule has 2 heterocycles. The van der Waals surface area contributed by atoms with E-state index in [1.807, 2.05) is 17.4 Å². The highest BCUT2D eigenvalue weighted by Gasteiger charge is 2.50. The highest BCUT2D eigenvalue weighted by Crippen LogP contribution is 2.63. The first-order chi connectivity index (χ1) is 31.7. The van der Waals surface area contributed by atoms with Crippen LogP contribution in [0.3, 0.4) is 0 Å². The first-order valence-electron chi connectivity index (χ1n) is 22.0. The van der Waals surface area contributed by atoms with Crippen molar-refractivity contribution in [3.8, 4) is 44.5 Å².